The molecule has 0 bridgehead atoms. The van der Waals surface area contributed by atoms with E-state index in [-0.39, 0.29) is 11.7 Å². The molecule has 1 aromatic carbocycles. The van der Waals surface area contributed by atoms with Crippen LogP contribution in [0.4, 0.5) is 10.3 Å². The predicted molar refractivity (Wildman–Crippen MR) is 74.6 cm³/mol. The molecule has 1 aliphatic rings. The number of fused-ring (bicyclic) bond motifs is 1. The number of aryl methyl sites for hydroxylation is 2. The Morgan fingerprint density at radius 3 is 3.00 bits per heavy atom. The van der Waals surface area contributed by atoms with Crippen LogP contribution in [0, 0.1) is 12.7 Å². The number of carbonyl (C=O) groups excluding carboxylic acids is 1. The van der Waals surface area contributed by atoms with Crippen LogP contribution in [0.1, 0.15) is 24.8 Å². The first-order chi connectivity index (χ1) is 9.54. The number of nitrogens with one attached hydrogen (secondary N) is 1. The van der Waals surface area contributed by atoms with E-state index in [1.54, 1.807) is 17.6 Å². The third-order valence-corrected chi connectivity index (χ3v) is 3.56. The summed E-state index contributed by atoms with van der Waals surface area (Å²) in [6.45, 7) is 2.15. The zero-order valence-electron chi connectivity index (χ0n) is 11.3. The van der Waals surface area contributed by atoms with E-state index in [1.807, 2.05) is 0 Å². The van der Waals surface area contributed by atoms with Crippen molar-refractivity contribution in [1.29, 1.82) is 0 Å². The third kappa shape index (κ3) is 2.45. The first-order valence-electron chi connectivity index (χ1n) is 6.76. The molecule has 106 valence electrons. The van der Waals surface area contributed by atoms with Crippen LogP contribution in [0.25, 0.3) is 11.0 Å². The van der Waals surface area contributed by atoms with Gasteiger partial charge < -0.3 is 15.6 Å². The Kier molecular flexibility index (Phi) is 3.08. The summed E-state index contributed by atoms with van der Waals surface area (Å²) in [4.78, 5) is 15.8. The van der Waals surface area contributed by atoms with Gasteiger partial charge in [0.2, 0.25) is 11.9 Å². The molecule has 1 aromatic heterocycles. The van der Waals surface area contributed by atoms with Crippen LogP contribution in [0.2, 0.25) is 0 Å². The number of benzene rings is 1. The van der Waals surface area contributed by atoms with E-state index in [1.165, 1.54) is 6.07 Å². The van der Waals surface area contributed by atoms with E-state index in [4.69, 9.17) is 5.73 Å². The minimum atomic E-state index is -0.298. The second kappa shape index (κ2) is 4.77. The van der Waals surface area contributed by atoms with Crippen LogP contribution in [-0.2, 0) is 11.3 Å². The van der Waals surface area contributed by atoms with Crippen molar-refractivity contribution in [2.75, 3.05) is 5.73 Å². The Bertz CT molecular complexity index is 675. The zero-order valence-corrected chi connectivity index (χ0v) is 11.3. The van der Waals surface area contributed by atoms with Crippen molar-refractivity contribution in [2.45, 2.75) is 38.8 Å². The largest absolute Gasteiger partial charge is 0.369 e. The molecule has 1 amide bonds. The number of nitrogen functional groups attached to an aromatic ring is 1. The van der Waals surface area contributed by atoms with E-state index >= 15 is 0 Å². The molecular formula is C14H17FN4O. The Labute approximate surface area is 116 Å². The molecule has 1 heterocycles. The lowest BCUT2D eigenvalue weighted by Crippen LogP contribution is -2.26. The number of hydrogen-bond donors (Lipinski definition) is 2. The number of amides is 1. The molecule has 0 atom stereocenters. The maximum Gasteiger partial charge on any atom is 0.222 e. The van der Waals surface area contributed by atoms with Crippen molar-refractivity contribution in [3.8, 4) is 0 Å². The molecule has 0 saturated heterocycles. The van der Waals surface area contributed by atoms with Crippen molar-refractivity contribution in [3.05, 3.63) is 23.5 Å². The molecule has 6 heteroatoms. The first kappa shape index (κ1) is 12.9. The van der Waals surface area contributed by atoms with E-state index in [9.17, 15) is 9.18 Å². The van der Waals surface area contributed by atoms with Gasteiger partial charge in [-0.05, 0) is 31.4 Å². The lowest BCUT2D eigenvalue weighted by Gasteiger charge is -2.07. The molecule has 3 N–H and O–H groups in total. The van der Waals surface area contributed by atoms with Crippen molar-refractivity contribution >= 4 is 22.9 Å². The summed E-state index contributed by atoms with van der Waals surface area (Å²) in [7, 11) is 0. The molecule has 0 radical (unpaired) electrons. The van der Waals surface area contributed by atoms with E-state index in [0.717, 1.165) is 18.4 Å². The lowest BCUT2D eigenvalue weighted by molar-refractivity contribution is -0.121. The second-order valence-electron chi connectivity index (χ2n) is 5.30. The van der Waals surface area contributed by atoms with Crippen LogP contribution in [-0.4, -0.2) is 21.5 Å². The summed E-state index contributed by atoms with van der Waals surface area (Å²) < 4.78 is 15.3. The van der Waals surface area contributed by atoms with Gasteiger partial charge in [-0.1, -0.05) is 0 Å². The second-order valence-corrected chi connectivity index (χ2v) is 5.30. The Balaban J connectivity index is 1.81. The van der Waals surface area contributed by atoms with Gasteiger partial charge in [-0.3, -0.25) is 4.79 Å². The fraction of sp³-hybridized carbons (Fsp3) is 0.429. The van der Waals surface area contributed by atoms with Crippen LogP contribution >= 0.6 is 0 Å². The normalized spacial score (nSPS) is 14.7. The average Bonchev–Trinajstić information content (AvgIpc) is 3.13. The van der Waals surface area contributed by atoms with Gasteiger partial charge in [0.05, 0.1) is 11.0 Å². The van der Waals surface area contributed by atoms with Gasteiger partial charge in [0.1, 0.15) is 5.82 Å². The fourth-order valence-corrected chi connectivity index (χ4v) is 2.24. The quantitative estimate of drug-likeness (QED) is 0.893. The summed E-state index contributed by atoms with van der Waals surface area (Å²) in [6, 6.07) is 3.45. The first-order valence-corrected chi connectivity index (χ1v) is 6.76. The summed E-state index contributed by atoms with van der Waals surface area (Å²) in [5, 5.41) is 2.93. The molecule has 1 saturated carbocycles. The highest BCUT2D eigenvalue weighted by Crippen LogP contribution is 2.22. The van der Waals surface area contributed by atoms with Gasteiger partial charge in [-0.2, -0.15) is 0 Å². The highest BCUT2D eigenvalue weighted by Gasteiger charge is 2.23. The highest BCUT2D eigenvalue weighted by molar-refractivity contribution is 5.80. The molecule has 0 spiro atoms. The monoisotopic (exact) mass is 276 g/mol. The zero-order chi connectivity index (χ0) is 14.3. The molecule has 20 heavy (non-hydrogen) atoms. The summed E-state index contributed by atoms with van der Waals surface area (Å²) in [5.41, 5.74) is 7.68. The number of nitrogens with zero attached hydrogens (tertiary/aromatic N) is 2. The standard InChI is InChI=1S/C14H17FN4O/c1-8-6-12-11(7-10(8)15)18-14(16)19(12)5-4-13(20)17-9-2-3-9/h6-7,9H,2-5H2,1H3,(H2,16,18)(H,17,20). The Morgan fingerprint density at radius 1 is 1.55 bits per heavy atom. The molecular weight excluding hydrogens is 259 g/mol. The van der Waals surface area contributed by atoms with E-state index in [2.05, 4.69) is 10.3 Å². The van der Waals surface area contributed by atoms with Crippen molar-refractivity contribution in [3.63, 3.8) is 0 Å². The molecule has 0 aliphatic heterocycles. The summed E-state index contributed by atoms with van der Waals surface area (Å²) in [5.74, 6) is 0.0328. The van der Waals surface area contributed by atoms with E-state index in [0.29, 0.717) is 36.0 Å². The third-order valence-electron chi connectivity index (χ3n) is 3.56. The molecule has 1 aliphatic carbocycles. The maximum absolute atomic E-state index is 13.5. The summed E-state index contributed by atoms with van der Waals surface area (Å²) >= 11 is 0. The Morgan fingerprint density at radius 2 is 2.30 bits per heavy atom. The molecule has 3 rings (SSSR count). The van der Waals surface area contributed by atoms with Gasteiger partial charge in [0.15, 0.2) is 0 Å². The van der Waals surface area contributed by atoms with Gasteiger partial charge in [-0.25, -0.2) is 9.37 Å². The number of rotatable bonds is 4. The Hall–Kier alpha value is -2.11. The molecule has 5 nitrogen and oxygen atoms in total. The number of halogens is 1. The lowest BCUT2D eigenvalue weighted by atomic mass is 10.2. The maximum atomic E-state index is 13.5. The van der Waals surface area contributed by atoms with Crippen molar-refractivity contribution in [1.82, 2.24) is 14.9 Å². The number of hydrogen-bond acceptors (Lipinski definition) is 3. The molecule has 2 aromatic rings. The van der Waals surface area contributed by atoms with Crippen molar-refractivity contribution in [2.24, 2.45) is 0 Å². The van der Waals surface area contributed by atoms with Crippen LogP contribution in [0.5, 0.6) is 0 Å². The van der Waals surface area contributed by atoms with Gasteiger partial charge >= 0.3 is 0 Å². The van der Waals surface area contributed by atoms with E-state index < -0.39 is 0 Å². The number of nitrogens with two attached hydrogens (primary N) is 1. The van der Waals surface area contributed by atoms with Crippen LogP contribution < -0.4 is 11.1 Å². The van der Waals surface area contributed by atoms with Crippen molar-refractivity contribution < 1.29 is 9.18 Å². The van der Waals surface area contributed by atoms with Gasteiger partial charge in [0.25, 0.3) is 0 Å². The number of anilines is 1. The smallest absolute Gasteiger partial charge is 0.222 e. The average molecular weight is 276 g/mol. The highest BCUT2D eigenvalue weighted by atomic mass is 19.1. The molecule has 1 fully saturated rings. The van der Waals surface area contributed by atoms with Crippen LogP contribution in [0.15, 0.2) is 12.1 Å². The van der Waals surface area contributed by atoms with Gasteiger partial charge in [0, 0.05) is 25.1 Å². The number of aromatic nitrogens is 2. The number of carbonyl (C=O) groups is 1. The van der Waals surface area contributed by atoms with Crippen LogP contribution in [0.3, 0.4) is 0 Å². The topological polar surface area (TPSA) is 72.9 Å². The minimum Gasteiger partial charge on any atom is -0.369 e. The SMILES string of the molecule is Cc1cc2c(cc1F)nc(N)n2CCC(=O)NC1CC1. The fourth-order valence-electron chi connectivity index (χ4n) is 2.24. The minimum absolute atomic E-state index is 0.0209. The predicted octanol–water partition coefficient (Wildman–Crippen LogP) is 1.73. The summed E-state index contributed by atoms with van der Waals surface area (Å²) in [6.07, 6.45) is 2.49. The molecule has 0 unspecified atom stereocenters. The number of imidazole rings is 1. The van der Waals surface area contributed by atoms with Gasteiger partial charge in [-0.15, -0.1) is 0 Å².